The van der Waals surface area contributed by atoms with Crippen LogP contribution in [0.2, 0.25) is 0 Å². The summed E-state index contributed by atoms with van der Waals surface area (Å²) in [5.41, 5.74) is 1.64. The second-order valence-electron chi connectivity index (χ2n) is 6.16. The third-order valence-corrected chi connectivity index (χ3v) is 5.04. The molecule has 1 fully saturated rings. The first-order valence-corrected chi connectivity index (χ1v) is 9.98. The van der Waals surface area contributed by atoms with Crippen LogP contribution in [0.1, 0.15) is 26.3 Å². The maximum absolute atomic E-state index is 12.8. The molecule has 140 valence electrons. The predicted molar refractivity (Wildman–Crippen MR) is 115 cm³/mol. The number of rotatable bonds is 6. The number of amides is 1. The summed E-state index contributed by atoms with van der Waals surface area (Å²) in [4.78, 5) is 15.0. The van der Waals surface area contributed by atoms with E-state index in [-0.39, 0.29) is 12.0 Å². The van der Waals surface area contributed by atoms with Gasteiger partial charge in [0.15, 0.2) is 15.8 Å². The molecule has 0 radical (unpaired) electrons. The Morgan fingerprint density at radius 3 is 2.56 bits per heavy atom. The number of anilines is 1. The van der Waals surface area contributed by atoms with E-state index in [1.807, 2.05) is 75.4 Å². The van der Waals surface area contributed by atoms with E-state index >= 15 is 0 Å². The van der Waals surface area contributed by atoms with Gasteiger partial charge in [-0.2, -0.15) is 0 Å². The summed E-state index contributed by atoms with van der Waals surface area (Å²) >= 11 is 6.71. The first-order chi connectivity index (χ1) is 13.0. The van der Waals surface area contributed by atoms with Crippen LogP contribution in [-0.4, -0.2) is 22.9 Å². The molecule has 0 saturated carbocycles. The number of hydrogen-bond acceptors (Lipinski definition) is 5. The van der Waals surface area contributed by atoms with Crippen molar-refractivity contribution in [1.82, 2.24) is 0 Å². The van der Waals surface area contributed by atoms with Crippen LogP contribution in [0.15, 0.2) is 53.4 Å². The SMILES string of the molecule is CCOc1cc(/C=C2/SC(=S)N(c3ccccc3)C2=O)ccc1OC(C)C. The molecule has 27 heavy (non-hydrogen) atoms. The van der Waals surface area contributed by atoms with Gasteiger partial charge in [0.05, 0.1) is 23.3 Å². The van der Waals surface area contributed by atoms with Crippen LogP contribution in [0, 0.1) is 0 Å². The zero-order chi connectivity index (χ0) is 19.4. The van der Waals surface area contributed by atoms with Crippen molar-refractivity contribution in [3.63, 3.8) is 0 Å². The number of hydrogen-bond donors (Lipinski definition) is 0. The van der Waals surface area contributed by atoms with Gasteiger partial charge in [-0.15, -0.1) is 0 Å². The number of nitrogens with zero attached hydrogens (tertiary/aromatic N) is 1. The Hall–Kier alpha value is -2.31. The quantitative estimate of drug-likeness (QED) is 0.488. The number of ether oxygens (including phenoxy) is 2. The Morgan fingerprint density at radius 1 is 1.15 bits per heavy atom. The van der Waals surface area contributed by atoms with Gasteiger partial charge in [0.25, 0.3) is 5.91 Å². The molecule has 0 atom stereocenters. The molecule has 0 N–H and O–H groups in total. The van der Waals surface area contributed by atoms with Gasteiger partial charge in [0.1, 0.15) is 0 Å². The van der Waals surface area contributed by atoms with Crippen LogP contribution >= 0.6 is 24.0 Å². The van der Waals surface area contributed by atoms with E-state index in [0.717, 1.165) is 11.3 Å². The fourth-order valence-electron chi connectivity index (χ4n) is 2.65. The summed E-state index contributed by atoms with van der Waals surface area (Å²) in [6.07, 6.45) is 1.89. The molecule has 2 aromatic rings. The fraction of sp³-hybridized carbons (Fsp3) is 0.238. The molecule has 1 aliphatic rings. The Bertz CT molecular complexity index is 878. The van der Waals surface area contributed by atoms with Crippen LogP contribution < -0.4 is 14.4 Å². The minimum absolute atomic E-state index is 0.0529. The maximum atomic E-state index is 12.8. The normalized spacial score (nSPS) is 15.7. The Labute approximate surface area is 169 Å². The minimum atomic E-state index is -0.114. The average molecular weight is 400 g/mol. The second-order valence-corrected chi connectivity index (χ2v) is 7.83. The molecule has 4 nitrogen and oxygen atoms in total. The van der Waals surface area contributed by atoms with E-state index < -0.39 is 0 Å². The molecule has 2 aromatic carbocycles. The Kier molecular flexibility index (Phi) is 6.19. The molecule has 1 saturated heterocycles. The van der Waals surface area contributed by atoms with Crippen molar-refractivity contribution >= 4 is 46.0 Å². The lowest BCUT2D eigenvalue weighted by Gasteiger charge is -2.15. The van der Waals surface area contributed by atoms with Gasteiger partial charge in [0.2, 0.25) is 0 Å². The molecule has 0 aromatic heterocycles. The molecular weight excluding hydrogens is 378 g/mol. The van der Waals surface area contributed by atoms with Crippen molar-refractivity contribution in [2.75, 3.05) is 11.5 Å². The van der Waals surface area contributed by atoms with Crippen LogP contribution in [-0.2, 0) is 4.79 Å². The smallest absolute Gasteiger partial charge is 0.270 e. The Balaban J connectivity index is 1.89. The summed E-state index contributed by atoms with van der Waals surface area (Å²) in [6.45, 7) is 6.40. The van der Waals surface area contributed by atoms with Crippen molar-refractivity contribution in [3.8, 4) is 11.5 Å². The molecular formula is C21H21NO3S2. The van der Waals surface area contributed by atoms with E-state index in [2.05, 4.69) is 0 Å². The zero-order valence-electron chi connectivity index (χ0n) is 15.5. The van der Waals surface area contributed by atoms with Crippen molar-refractivity contribution in [2.45, 2.75) is 26.9 Å². The predicted octanol–water partition coefficient (Wildman–Crippen LogP) is 5.28. The van der Waals surface area contributed by atoms with E-state index in [0.29, 0.717) is 27.3 Å². The van der Waals surface area contributed by atoms with Crippen LogP contribution in [0.5, 0.6) is 11.5 Å². The molecule has 3 rings (SSSR count). The standard InChI is InChI=1S/C21H21NO3S2/c1-4-24-18-12-15(10-11-17(18)25-14(2)3)13-19-20(23)22(21(26)27-19)16-8-6-5-7-9-16/h5-14H,4H2,1-3H3/b19-13+. The monoisotopic (exact) mass is 399 g/mol. The van der Waals surface area contributed by atoms with Gasteiger partial charge in [-0.1, -0.05) is 48.2 Å². The van der Waals surface area contributed by atoms with E-state index in [4.69, 9.17) is 21.7 Å². The largest absolute Gasteiger partial charge is 0.490 e. The molecule has 0 bridgehead atoms. The Morgan fingerprint density at radius 2 is 1.89 bits per heavy atom. The van der Waals surface area contributed by atoms with Gasteiger partial charge in [-0.3, -0.25) is 9.69 Å². The van der Waals surface area contributed by atoms with Gasteiger partial charge in [0, 0.05) is 0 Å². The van der Waals surface area contributed by atoms with Gasteiger partial charge in [-0.25, -0.2) is 0 Å². The highest BCUT2D eigenvalue weighted by molar-refractivity contribution is 8.27. The van der Waals surface area contributed by atoms with E-state index in [1.165, 1.54) is 11.8 Å². The molecule has 0 spiro atoms. The van der Waals surface area contributed by atoms with Crippen molar-refractivity contribution in [3.05, 3.63) is 59.0 Å². The molecule has 1 aliphatic heterocycles. The topological polar surface area (TPSA) is 38.8 Å². The third kappa shape index (κ3) is 4.51. The lowest BCUT2D eigenvalue weighted by molar-refractivity contribution is -0.113. The molecule has 0 unspecified atom stereocenters. The van der Waals surface area contributed by atoms with E-state index in [1.54, 1.807) is 4.90 Å². The van der Waals surface area contributed by atoms with Gasteiger partial charge >= 0.3 is 0 Å². The van der Waals surface area contributed by atoms with Gasteiger partial charge < -0.3 is 9.47 Å². The van der Waals surface area contributed by atoms with Gasteiger partial charge in [-0.05, 0) is 56.7 Å². The summed E-state index contributed by atoms with van der Waals surface area (Å²) in [7, 11) is 0. The minimum Gasteiger partial charge on any atom is -0.490 e. The number of benzene rings is 2. The highest BCUT2D eigenvalue weighted by Crippen LogP contribution is 2.37. The summed E-state index contributed by atoms with van der Waals surface area (Å²) < 4.78 is 12.0. The maximum Gasteiger partial charge on any atom is 0.270 e. The summed E-state index contributed by atoms with van der Waals surface area (Å²) in [6, 6.07) is 15.1. The van der Waals surface area contributed by atoms with Crippen molar-refractivity contribution in [1.29, 1.82) is 0 Å². The van der Waals surface area contributed by atoms with Crippen LogP contribution in [0.25, 0.3) is 6.08 Å². The number of thioether (sulfide) groups is 1. The number of thiocarbonyl (C=S) groups is 1. The second kappa shape index (κ2) is 8.59. The zero-order valence-corrected chi connectivity index (χ0v) is 17.1. The average Bonchev–Trinajstić information content (AvgIpc) is 2.91. The van der Waals surface area contributed by atoms with Crippen LogP contribution in [0.4, 0.5) is 5.69 Å². The number of para-hydroxylation sites is 1. The third-order valence-electron chi connectivity index (χ3n) is 3.74. The molecule has 1 heterocycles. The lowest BCUT2D eigenvalue weighted by atomic mass is 10.1. The molecule has 1 amide bonds. The molecule has 0 aliphatic carbocycles. The van der Waals surface area contributed by atoms with Crippen molar-refractivity contribution < 1.29 is 14.3 Å². The lowest BCUT2D eigenvalue weighted by Crippen LogP contribution is -2.27. The molecule has 6 heteroatoms. The number of carbonyl (C=O) groups excluding carboxylic acids is 1. The first-order valence-electron chi connectivity index (χ1n) is 8.76. The van der Waals surface area contributed by atoms with Crippen LogP contribution in [0.3, 0.4) is 0 Å². The summed E-state index contributed by atoms with van der Waals surface area (Å²) in [5.74, 6) is 1.25. The summed E-state index contributed by atoms with van der Waals surface area (Å²) in [5, 5.41) is 0. The highest BCUT2D eigenvalue weighted by Gasteiger charge is 2.33. The fourth-order valence-corrected chi connectivity index (χ4v) is 3.95. The van der Waals surface area contributed by atoms with E-state index in [9.17, 15) is 4.79 Å². The van der Waals surface area contributed by atoms with Crippen molar-refractivity contribution in [2.24, 2.45) is 0 Å². The first kappa shape index (κ1) is 19.5. The highest BCUT2D eigenvalue weighted by atomic mass is 32.2. The number of carbonyl (C=O) groups is 1.